The van der Waals surface area contributed by atoms with Crippen LogP contribution >= 0.6 is 15.8 Å². The molecule has 0 saturated heterocycles. The van der Waals surface area contributed by atoms with Gasteiger partial charge in [-0.05, 0) is 111 Å². The molecule has 0 nitrogen and oxygen atoms in total. The van der Waals surface area contributed by atoms with Crippen molar-refractivity contribution in [1.29, 1.82) is 0 Å². The van der Waals surface area contributed by atoms with E-state index in [1.165, 1.54) is 72.5 Å². The summed E-state index contributed by atoms with van der Waals surface area (Å²) in [6, 6.07) is 9.87. The third-order valence-electron chi connectivity index (χ3n) is 12.8. The van der Waals surface area contributed by atoms with Crippen LogP contribution < -0.4 is 0 Å². The Balaban J connectivity index is 0.000000170. The molecule has 0 heterocycles. The van der Waals surface area contributed by atoms with E-state index in [-0.39, 0.29) is 19.5 Å². The molecule has 7 rings (SSSR count). The Kier molecular flexibility index (Phi) is 19.8. The fraction of sp³-hybridized carbons (Fsp3) is 0.837. The molecule has 6 aliphatic carbocycles. The van der Waals surface area contributed by atoms with Gasteiger partial charge in [0.15, 0.2) is 0 Å². The van der Waals surface area contributed by atoms with Crippen LogP contribution in [0.1, 0.15) is 198 Å². The van der Waals surface area contributed by atoms with E-state index in [1.54, 1.807) is 154 Å². The number of benzene rings is 1. The Hall–Kier alpha value is 0.573. The topological polar surface area (TPSA) is 0 Å². The summed E-state index contributed by atoms with van der Waals surface area (Å²) in [6.07, 6.45) is 47.2. The van der Waals surface area contributed by atoms with Crippen LogP contribution in [0.15, 0.2) is 30.3 Å². The van der Waals surface area contributed by atoms with Gasteiger partial charge in [-0.2, -0.15) is 24.6 Å². The molecule has 6 saturated carbocycles. The number of rotatable bonds is 6. The van der Waals surface area contributed by atoms with E-state index >= 15 is 0 Å². The van der Waals surface area contributed by atoms with E-state index in [1.807, 2.05) is 30.3 Å². The first-order valence-electron chi connectivity index (χ1n) is 20.7. The summed E-state index contributed by atoms with van der Waals surface area (Å²) >= 11 is 0. The molecule has 0 atom stereocenters. The molecule has 0 amide bonds. The summed E-state index contributed by atoms with van der Waals surface area (Å²) in [5, 5.41) is 0. The van der Waals surface area contributed by atoms with E-state index < -0.39 is 0 Å². The largest absolute Gasteiger partial charge is 1.00 e. The van der Waals surface area contributed by atoms with Crippen LogP contribution in [0, 0.1) is 6.92 Å². The Bertz CT molecular complexity index is 714. The van der Waals surface area contributed by atoms with Gasteiger partial charge in [-0.25, -0.2) is 0 Å². The predicted octanol–water partition coefficient (Wildman–Crippen LogP) is 14.8. The average Bonchev–Trinajstić information content (AvgIpc) is 3.12. The summed E-state index contributed by atoms with van der Waals surface area (Å²) in [4.78, 5) is 0. The van der Waals surface area contributed by atoms with Crippen molar-refractivity contribution in [3.8, 4) is 0 Å². The third-order valence-corrected chi connectivity index (χ3v) is 21.0. The van der Waals surface area contributed by atoms with E-state index in [9.17, 15) is 0 Å². The molecule has 1 aromatic rings. The summed E-state index contributed by atoms with van der Waals surface area (Å²) in [7, 11) is 0.770. The van der Waals surface area contributed by atoms with Gasteiger partial charge in [-0.15, -0.1) is 12.1 Å². The van der Waals surface area contributed by atoms with Gasteiger partial charge >= 0.3 is 19.5 Å². The fourth-order valence-corrected chi connectivity index (χ4v) is 19.9. The van der Waals surface area contributed by atoms with Crippen molar-refractivity contribution in [2.45, 2.75) is 227 Å². The minimum absolute atomic E-state index is 0. The molecule has 0 spiro atoms. The first-order chi connectivity index (χ1) is 22.3. The molecule has 0 N–H and O–H groups in total. The molecule has 6 aliphatic rings. The monoisotopic (exact) mass is 753 g/mol. The maximum Gasteiger partial charge on any atom is 1.00 e. The first kappa shape index (κ1) is 39.4. The van der Waals surface area contributed by atoms with Crippen molar-refractivity contribution in [2.24, 2.45) is 0 Å². The van der Waals surface area contributed by atoms with Crippen LogP contribution in [0.4, 0.5) is 0 Å². The number of hydrogen-bond acceptors (Lipinski definition) is 0. The third kappa shape index (κ3) is 13.0. The fourth-order valence-electron chi connectivity index (χ4n) is 10.5. The molecule has 46 heavy (non-hydrogen) atoms. The zero-order valence-electron chi connectivity index (χ0n) is 30.0. The molecule has 0 bridgehead atoms. The minimum atomic E-state index is 0. The smallest absolute Gasteiger partial charge is 0.199 e. The molecule has 0 aromatic heterocycles. The second-order valence-electron chi connectivity index (χ2n) is 16.1. The van der Waals surface area contributed by atoms with Crippen LogP contribution in [0.3, 0.4) is 0 Å². The van der Waals surface area contributed by atoms with Crippen molar-refractivity contribution in [2.75, 3.05) is 0 Å². The standard InChI is InChI=1S/2C18H33P.C7H7.Ru/c2*1-4-10-16(11-5-1)19(17-12-6-2-7-13-17)18-14-8-3-9-15-18;1-7-5-3-2-4-6-7;/h2*16-18H,1-15H2;2-6H,1H2;/q;;-1;+1. The first-order valence-corrected chi connectivity index (χ1v) is 23.8. The Morgan fingerprint density at radius 2 is 0.522 bits per heavy atom. The van der Waals surface area contributed by atoms with Gasteiger partial charge in [0.1, 0.15) is 0 Å². The van der Waals surface area contributed by atoms with Gasteiger partial charge in [0.25, 0.3) is 0 Å². The zero-order valence-corrected chi connectivity index (χ0v) is 33.5. The molecule has 0 aliphatic heterocycles. The molecule has 1 aromatic carbocycles. The van der Waals surface area contributed by atoms with Gasteiger partial charge < -0.3 is 0 Å². The number of hydrogen-bond donors (Lipinski definition) is 0. The molecule has 263 valence electrons. The summed E-state index contributed by atoms with van der Waals surface area (Å²) in [5.74, 6) is 0. The van der Waals surface area contributed by atoms with Crippen molar-refractivity contribution in [3.63, 3.8) is 0 Å². The molecule has 6 fully saturated rings. The zero-order chi connectivity index (χ0) is 30.9. The molecular weight excluding hydrogens is 679 g/mol. The summed E-state index contributed by atoms with van der Waals surface area (Å²) < 4.78 is 0. The second kappa shape index (κ2) is 23.1. The van der Waals surface area contributed by atoms with Crippen LogP contribution in [-0.2, 0) is 19.5 Å². The van der Waals surface area contributed by atoms with Crippen LogP contribution in [0.25, 0.3) is 0 Å². The van der Waals surface area contributed by atoms with Crippen molar-refractivity contribution < 1.29 is 19.5 Å². The molecule has 0 unspecified atom stereocenters. The quantitative estimate of drug-likeness (QED) is 0.154. The van der Waals surface area contributed by atoms with Crippen LogP contribution in [0.2, 0.25) is 0 Å². The van der Waals surface area contributed by atoms with E-state index in [0.29, 0.717) is 15.8 Å². The Morgan fingerprint density at radius 1 is 0.326 bits per heavy atom. The second-order valence-corrected chi connectivity index (χ2v) is 22.3. The van der Waals surface area contributed by atoms with Gasteiger partial charge in [0.2, 0.25) is 0 Å². The van der Waals surface area contributed by atoms with Gasteiger partial charge in [0.05, 0.1) is 0 Å². The van der Waals surface area contributed by atoms with Gasteiger partial charge in [-0.1, -0.05) is 137 Å². The SMILES string of the molecule is C1CCC(P(C2CCCCC2)C2CCCCC2)CC1.C1CCC(P(C2CCCCC2)C2CCCCC2)CC1.[CH2-]c1ccccc1.[Ru+]. The molecule has 1 radical (unpaired) electrons. The van der Waals surface area contributed by atoms with Crippen molar-refractivity contribution in [1.82, 2.24) is 0 Å². The Labute approximate surface area is 303 Å². The van der Waals surface area contributed by atoms with Crippen LogP contribution in [0.5, 0.6) is 0 Å². The maximum absolute atomic E-state index is 3.72. The predicted molar refractivity (Wildman–Crippen MR) is 206 cm³/mol. The Morgan fingerprint density at radius 3 is 0.674 bits per heavy atom. The van der Waals surface area contributed by atoms with Crippen LogP contribution in [-0.4, -0.2) is 34.0 Å². The van der Waals surface area contributed by atoms with Gasteiger partial charge in [0, 0.05) is 0 Å². The minimum Gasteiger partial charge on any atom is -0.199 e. The van der Waals surface area contributed by atoms with Crippen molar-refractivity contribution >= 4 is 15.8 Å². The van der Waals surface area contributed by atoms with E-state index in [4.69, 9.17) is 0 Å². The maximum atomic E-state index is 3.72. The molecule has 3 heteroatoms. The summed E-state index contributed by atoms with van der Waals surface area (Å²) in [5.41, 5.74) is 8.21. The van der Waals surface area contributed by atoms with Gasteiger partial charge in [-0.3, -0.25) is 0 Å². The normalized spacial score (nSPS) is 25.2. The molecular formula is C43H73P2Ru. The average molecular weight is 753 g/mol. The van der Waals surface area contributed by atoms with Crippen molar-refractivity contribution in [3.05, 3.63) is 42.8 Å². The van der Waals surface area contributed by atoms with E-state index in [0.717, 1.165) is 5.56 Å². The van der Waals surface area contributed by atoms with E-state index in [2.05, 4.69) is 6.92 Å². The summed E-state index contributed by atoms with van der Waals surface area (Å²) in [6.45, 7) is 3.72.